The van der Waals surface area contributed by atoms with E-state index in [9.17, 15) is 14.9 Å². The fraction of sp³-hybridized carbons (Fsp3) is 0.167. The molecule has 1 heterocycles. The van der Waals surface area contributed by atoms with Crippen LogP contribution in [0.1, 0.15) is 35.2 Å². The first-order chi connectivity index (χ1) is 13.3. The van der Waals surface area contributed by atoms with Crippen molar-refractivity contribution in [3.8, 4) is 11.5 Å². The van der Waals surface area contributed by atoms with E-state index >= 15 is 0 Å². The quantitative estimate of drug-likeness (QED) is 0.331. The second-order valence-corrected chi connectivity index (χ2v) is 6.14. The average Bonchev–Trinajstić information content (AvgIpc) is 3.10. The molecule has 2 aromatic carbocycles. The average molecular weight is 404 g/mol. The number of nitro benzene ring substituents is 1. The second kappa shape index (κ2) is 8.05. The lowest BCUT2D eigenvalue weighted by Gasteiger charge is -2.10. The third kappa shape index (κ3) is 4.44. The first-order valence-corrected chi connectivity index (χ1v) is 8.44. The standard InChI is InChI=1S/C18H14ClN3O6/c1-10(17-21-20-11(2)27-17)26-18(23)12-3-6-14(7-4-12)28-16-8-5-13(19)9-15(16)22(24)25/h3-10H,1-2H3. The molecule has 0 radical (unpaired) electrons. The molecule has 3 rings (SSSR count). The zero-order valence-electron chi connectivity index (χ0n) is 14.8. The van der Waals surface area contributed by atoms with E-state index in [1.54, 1.807) is 13.8 Å². The minimum Gasteiger partial charge on any atom is -0.450 e. The number of hydrogen-bond donors (Lipinski definition) is 0. The van der Waals surface area contributed by atoms with Gasteiger partial charge in [0.05, 0.1) is 10.5 Å². The van der Waals surface area contributed by atoms with E-state index in [1.165, 1.54) is 42.5 Å². The molecule has 0 saturated carbocycles. The Morgan fingerprint density at radius 1 is 1.21 bits per heavy atom. The zero-order chi connectivity index (χ0) is 20.3. The fourth-order valence-corrected chi connectivity index (χ4v) is 2.43. The van der Waals surface area contributed by atoms with Crippen molar-refractivity contribution in [3.05, 3.63) is 74.9 Å². The van der Waals surface area contributed by atoms with Gasteiger partial charge in [-0.1, -0.05) is 11.6 Å². The SMILES string of the molecule is Cc1nnc(C(C)OC(=O)c2ccc(Oc3ccc(Cl)cc3[N+](=O)[O-])cc2)o1. The fourth-order valence-electron chi connectivity index (χ4n) is 2.26. The number of aromatic nitrogens is 2. The van der Waals surface area contributed by atoms with Crippen molar-refractivity contribution in [3.63, 3.8) is 0 Å². The van der Waals surface area contributed by atoms with Crippen LogP contribution in [0, 0.1) is 17.0 Å². The molecule has 0 aliphatic rings. The number of aryl methyl sites for hydroxylation is 1. The lowest BCUT2D eigenvalue weighted by atomic mass is 10.2. The number of esters is 1. The summed E-state index contributed by atoms with van der Waals surface area (Å²) >= 11 is 5.78. The summed E-state index contributed by atoms with van der Waals surface area (Å²) < 4.78 is 16.0. The summed E-state index contributed by atoms with van der Waals surface area (Å²) in [5, 5.41) is 18.8. The monoisotopic (exact) mass is 403 g/mol. The van der Waals surface area contributed by atoms with Crippen LogP contribution in [-0.2, 0) is 4.74 Å². The van der Waals surface area contributed by atoms with E-state index in [0.717, 1.165) is 0 Å². The molecule has 0 spiro atoms. The second-order valence-electron chi connectivity index (χ2n) is 5.70. The Kier molecular flexibility index (Phi) is 5.55. The van der Waals surface area contributed by atoms with Crippen LogP contribution in [0.15, 0.2) is 46.9 Å². The van der Waals surface area contributed by atoms with Gasteiger partial charge in [-0.25, -0.2) is 4.79 Å². The maximum atomic E-state index is 12.2. The van der Waals surface area contributed by atoms with E-state index in [-0.39, 0.29) is 27.9 Å². The number of ether oxygens (including phenoxy) is 2. The zero-order valence-corrected chi connectivity index (χ0v) is 15.5. The minimum atomic E-state index is -0.707. The Morgan fingerprint density at radius 3 is 2.54 bits per heavy atom. The summed E-state index contributed by atoms with van der Waals surface area (Å²) in [5.41, 5.74) is 0.000653. The van der Waals surface area contributed by atoms with Crippen LogP contribution >= 0.6 is 11.6 Å². The van der Waals surface area contributed by atoms with Crippen LogP contribution in [0.3, 0.4) is 0 Å². The topological polar surface area (TPSA) is 118 Å². The van der Waals surface area contributed by atoms with Crippen molar-refractivity contribution >= 4 is 23.3 Å². The van der Waals surface area contributed by atoms with Crippen LogP contribution in [0.25, 0.3) is 0 Å². The number of benzene rings is 2. The number of carbonyl (C=O) groups excluding carboxylic acids is 1. The van der Waals surface area contributed by atoms with Crippen molar-refractivity contribution < 1.29 is 23.6 Å². The Labute approximate surface area is 164 Å². The third-order valence-corrected chi connectivity index (χ3v) is 3.84. The molecule has 0 N–H and O–H groups in total. The Bertz CT molecular complexity index is 1020. The predicted molar refractivity (Wildman–Crippen MR) is 97.5 cm³/mol. The Morgan fingerprint density at radius 2 is 1.93 bits per heavy atom. The van der Waals surface area contributed by atoms with Crippen LogP contribution in [0.4, 0.5) is 5.69 Å². The molecule has 0 saturated heterocycles. The van der Waals surface area contributed by atoms with Crippen molar-refractivity contribution in [1.82, 2.24) is 10.2 Å². The summed E-state index contributed by atoms with van der Waals surface area (Å²) in [6.45, 7) is 3.25. The van der Waals surface area contributed by atoms with Gasteiger partial charge >= 0.3 is 11.7 Å². The number of carbonyl (C=O) groups is 1. The largest absolute Gasteiger partial charge is 0.450 e. The van der Waals surface area contributed by atoms with Gasteiger partial charge in [-0.3, -0.25) is 10.1 Å². The minimum absolute atomic E-state index is 0.0325. The van der Waals surface area contributed by atoms with Gasteiger partial charge < -0.3 is 13.9 Å². The van der Waals surface area contributed by atoms with Gasteiger partial charge in [0, 0.05) is 18.0 Å². The molecule has 0 aliphatic carbocycles. The van der Waals surface area contributed by atoms with Gasteiger partial charge in [0.15, 0.2) is 6.10 Å². The maximum Gasteiger partial charge on any atom is 0.338 e. The van der Waals surface area contributed by atoms with E-state index in [4.69, 9.17) is 25.5 Å². The number of hydrogen-bond acceptors (Lipinski definition) is 8. The summed E-state index contributed by atoms with van der Waals surface area (Å²) in [6, 6.07) is 10.0. The van der Waals surface area contributed by atoms with Gasteiger partial charge in [0.1, 0.15) is 5.75 Å². The van der Waals surface area contributed by atoms with Gasteiger partial charge in [0.2, 0.25) is 11.6 Å². The molecule has 1 atom stereocenters. The van der Waals surface area contributed by atoms with E-state index < -0.39 is 17.0 Å². The maximum absolute atomic E-state index is 12.2. The highest BCUT2D eigenvalue weighted by atomic mass is 35.5. The molecule has 0 fully saturated rings. The third-order valence-electron chi connectivity index (χ3n) is 3.61. The Balaban J connectivity index is 1.70. The molecule has 1 unspecified atom stereocenters. The number of halogens is 1. The molecule has 28 heavy (non-hydrogen) atoms. The van der Waals surface area contributed by atoms with Gasteiger partial charge in [-0.05, 0) is 43.3 Å². The molecule has 0 amide bonds. The molecule has 9 nitrogen and oxygen atoms in total. The molecular weight excluding hydrogens is 390 g/mol. The van der Waals surface area contributed by atoms with Crippen molar-refractivity contribution in [2.45, 2.75) is 20.0 Å². The normalized spacial score (nSPS) is 11.7. The first-order valence-electron chi connectivity index (χ1n) is 8.06. The Hall–Kier alpha value is -3.46. The summed E-state index contributed by atoms with van der Waals surface area (Å²) in [6.07, 6.45) is -0.707. The summed E-state index contributed by atoms with van der Waals surface area (Å²) in [4.78, 5) is 22.8. The number of nitro groups is 1. The number of rotatable bonds is 6. The van der Waals surface area contributed by atoms with Crippen LogP contribution in [0.5, 0.6) is 11.5 Å². The highest BCUT2D eigenvalue weighted by molar-refractivity contribution is 6.30. The summed E-state index contributed by atoms with van der Waals surface area (Å²) in [5.74, 6) is 0.316. The lowest BCUT2D eigenvalue weighted by Crippen LogP contribution is -2.09. The lowest BCUT2D eigenvalue weighted by molar-refractivity contribution is -0.385. The van der Waals surface area contributed by atoms with Crippen molar-refractivity contribution in [2.24, 2.45) is 0 Å². The van der Waals surface area contributed by atoms with Crippen LogP contribution in [-0.4, -0.2) is 21.1 Å². The van der Waals surface area contributed by atoms with Crippen molar-refractivity contribution in [2.75, 3.05) is 0 Å². The van der Waals surface area contributed by atoms with E-state index in [2.05, 4.69) is 10.2 Å². The molecule has 144 valence electrons. The predicted octanol–water partition coefficient (Wildman–Crippen LogP) is 4.65. The van der Waals surface area contributed by atoms with Crippen molar-refractivity contribution in [1.29, 1.82) is 0 Å². The summed E-state index contributed by atoms with van der Waals surface area (Å²) in [7, 11) is 0. The smallest absolute Gasteiger partial charge is 0.338 e. The molecular formula is C18H14ClN3O6. The van der Waals surface area contributed by atoms with Gasteiger partial charge in [-0.15, -0.1) is 10.2 Å². The van der Waals surface area contributed by atoms with Crippen LogP contribution in [0.2, 0.25) is 5.02 Å². The van der Waals surface area contributed by atoms with E-state index in [0.29, 0.717) is 11.6 Å². The molecule has 0 aliphatic heterocycles. The van der Waals surface area contributed by atoms with Gasteiger partial charge in [-0.2, -0.15) is 0 Å². The van der Waals surface area contributed by atoms with E-state index in [1.807, 2.05) is 0 Å². The first kappa shape index (κ1) is 19.3. The molecule has 0 bridgehead atoms. The van der Waals surface area contributed by atoms with Gasteiger partial charge in [0.25, 0.3) is 5.89 Å². The molecule has 1 aromatic heterocycles. The molecule has 3 aromatic rings. The highest BCUT2D eigenvalue weighted by Crippen LogP contribution is 2.33. The van der Waals surface area contributed by atoms with Crippen LogP contribution < -0.4 is 4.74 Å². The number of nitrogens with zero attached hydrogens (tertiary/aromatic N) is 3. The molecule has 10 heteroatoms. The highest BCUT2D eigenvalue weighted by Gasteiger charge is 2.19.